The number of aromatic hydroxyl groups is 1. The van der Waals surface area contributed by atoms with E-state index < -0.39 is 0 Å². The van der Waals surface area contributed by atoms with Gasteiger partial charge < -0.3 is 5.11 Å². The van der Waals surface area contributed by atoms with Gasteiger partial charge in [-0.25, -0.2) is 0 Å². The summed E-state index contributed by atoms with van der Waals surface area (Å²) >= 11 is 0. The number of phenolic OH excluding ortho intramolecular Hbond substituents is 1. The summed E-state index contributed by atoms with van der Waals surface area (Å²) < 4.78 is 0. The lowest BCUT2D eigenvalue weighted by Crippen LogP contribution is -2.11. The van der Waals surface area contributed by atoms with Gasteiger partial charge in [0.15, 0.2) is 0 Å². The molecule has 1 nitrogen and oxygen atoms in total. The van der Waals surface area contributed by atoms with Crippen molar-refractivity contribution in [2.24, 2.45) is 5.92 Å². The lowest BCUT2D eigenvalue weighted by Gasteiger charge is -2.24. The second kappa shape index (κ2) is 5.57. The zero-order chi connectivity index (χ0) is 12.3. The van der Waals surface area contributed by atoms with E-state index in [1.165, 1.54) is 43.2 Å². The fourth-order valence-electron chi connectivity index (χ4n) is 3.04. The third-order valence-electron chi connectivity index (χ3n) is 4.03. The van der Waals surface area contributed by atoms with Gasteiger partial charge in [0.1, 0.15) is 5.75 Å². The minimum absolute atomic E-state index is 0.501. The van der Waals surface area contributed by atoms with Crippen LogP contribution in [0.5, 0.6) is 5.75 Å². The largest absolute Gasteiger partial charge is 0.508 e. The maximum Gasteiger partial charge on any atom is 0.119 e. The molecule has 1 aromatic rings. The van der Waals surface area contributed by atoms with Crippen molar-refractivity contribution in [1.29, 1.82) is 0 Å². The van der Waals surface area contributed by atoms with Crippen LogP contribution in [0.3, 0.4) is 0 Å². The van der Waals surface area contributed by atoms with Crippen LogP contribution in [0, 0.1) is 5.92 Å². The highest BCUT2D eigenvalue weighted by Gasteiger charge is 2.18. The highest BCUT2D eigenvalue weighted by molar-refractivity contribution is 5.41. The second-order valence-corrected chi connectivity index (χ2v) is 5.71. The molecule has 1 N–H and O–H groups in total. The Morgan fingerprint density at radius 3 is 2.53 bits per heavy atom. The van der Waals surface area contributed by atoms with Crippen molar-refractivity contribution in [1.82, 2.24) is 0 Å². The van der Waals surface area contributed by atoms with Gasteiger partial charge in [0, 0.05) is 0 Å². The molecule has 0 radical (unpaired) electrons. The van der Waals surface area contributed by atoms with Crippen molar-refractivity contribution in [3.05, 3.63) is 29.3 Å². The first-order valence-corrected chi connectivity index (χ1v) is 6.99. The summed E-state index contributed by atoms with van der Waals surface area (Å²) in [7, 11) is 0. The summed E-state index contributed by atoms with van der Waals surface area (Å²) in [5, 5.41) is 10.1. The van der Waals surface area contributed by atoms with Crippen LogP contribution < -0.4 is 0 Å². The minimum atomic E-state index is 0.501. The van der Waals surface area contributed by atoms with Gasteiger partial charge >= 0.3 is 0 Å². The van der Waals surface area contributed by atoms with Gasteiger partial charge in [-0.2, -0.15) is 0 Å². The molecule has 94 valence electrons. The van der Waals surface area contributed by atoms with E-state index in [0.29, 0.717) is 11.7 Å². The van der Waals surface area contributed by atoms with Crippen molar-refractivity contribution >= 4 is 0 Å². The minimum Gasteiger partial charge on any atom is -0.508 e. The van der Waals surface area contributed by atoms with Crippen LogP contribution >= 0.6 is 0 Å². The molecule has 0 aromatic heterocycles. The average Bonchev–Trinajstić information content (AvgIpc) is 2.33. The molecule has 0 heterocycles. The Bertz CT molecular complexity index is 362. The van der Waals surface area contributed by atoms with Gasteiger partial charge in [0.25, 0.3) is 0 Å². The van der Waals surface area contributed by atoms with Crippen LogP contribution in [0.2, 0.25) is 0 Å². The molecular formula is C16H24O. The van der Waals surface area contributed by atoms with Gasteiger partial charge in [0.2, 0.25) is 0 Å². The van der Waals surface area contributed by atoms with E-state index in [2.05, 4.69) is 19.9 Å². The predicted molar refractivity (Wildman–Crippen MR) is 72.5 cm³/mol. The third-order valence-corrected chi connectivity index (χ3v) is 4.03. The van der Waals surface area contributed by atoms with E-state index in [0.717, 1.165) is 12.3 Å². The number of rotatable bonds is 3. The Hall–Kier alpha value is -0.980. The summed E-state index contributed by atoms with van der Waals surface area (Å²) in [5.74, 6) is 1.79. The predicted octanol–water partition coefficient (Wildman–Crippen LogP) is 4.64. The van der Waals surface area contributed by atoms with Gasteiger partial charge in [0.05, 0.1) is 0 Å². The van der Waals surface area contributed by atoms with Crippen molar-refractivity contribution < 1.29 is 5.11 Å². The standard InChI is InChI=1S/C16H24O/c1-12(2)14-9-6-10-16(17)15(14)11-13-7-4-3-5-8-13/h6,9-10,12-13,17H,3-5,7-8,11H2,1-2H3. The van der Waals surface area contributed by atoms with E-state index in [1.54, 1.807) is 0 Å². The van der Waals surface area contributed by atoms with Crippen LogP contribution in [0.4, 0.5) is 0 Å². The summed E-state index contributed by atoms with van der Waals surface area (Å²) in [4.78, 5) is 0. The molecule has 2 rings (SSSR count). The molecule has 0 spiro atoms. The van der Waals surface area contributed by atoms with Crippen LogP contribution in [0.25, 0.3) is 0 Å². The van der Waals surface area contributed by atoms with Crippen LogP contribution in [0.15, 0.2) is 18.2 Å². The number of benzene rings is 1. The lowest BCUT2D eigenvalue weighted by atomic mass is 9.82. The Morgan fingerprint density at radius 2 is 1.88 bits per heavy atom. The molecule has 1 aliphatic rings. The lowest BCUT2D eigenvalue weighted by molar-refractivity contribution is 0.350. The second-order valence-electron chi connectivity index (χ2n) is 5.71. The average molecular weight is 232 g/mol. The molecule has 1 fully saturated rings. The quantitative estimate of drug-likeness (QED) is 0.805. The number of hydrogen-bond acceptors (Lipinski definition) is 1. The fourth-order valence-corrected chi connectivity index (χ4v) is 3.04. The zero-order valence-electron chi connectivity index (χ0n) is 11.1. The van der Waals surface area contributed by atoms with Crippen molar-refractivity contribution in [2.45, 2.75) is 58.3 Å². The van der Waals surface area contributed by atoms with E-state index in [1.807, 2.05) is 12.1 Å². The Labute approximate surface area is 105 Å². The first-order valence-electron chi connectivity index (χ1n) is 6.99. The first kappa shape index (κ1) is 12.5. The van der Waals surface area contributed by atoms with Crippen molar-refractivity contribution in [3.8, 4) is 5.75 Å². The van der Waals surface area contributed by atoms with E-state index in [-0.39, 0.29) is 0 Å². The van der Waals surface area contributed by atoms with E-state index in [4.69, 9.17) is 0 Å². The first-order chi connectivity index (χ1) is 8.18. The van der Waals surface area contributed by atoms with Gasteiger partial charge in [-0.3, -0.25) is 0 Å². The normalized spacial score (nSPS) is 17.6. The number of hydrogen-bond donors (Lipinski definition) is 1. The van der Waals surface area contributed by atoms with Gasteiger partial charge in [-0.15, -0.1) is 0 Å². The monoisotopic (exact) mass is 232 g/mol. The van der Waals surface area contributed by atoms with Crippen molar-refractivity contribution in [2.75, 3.05) is 0 Å². The third kappa shape index (κ3) is 3.02. The van der Waals surface area contributed by atoms with Gasteiger partial charge in [-0.1, -0.05) is 58.1 Å². The molecule has 0 bridgehead atoms. The Kier molecular flexibility index (Phi) is 4.09. The SMILES string of the molecule is CC(C)c1cccc(O)c1CC1CCCCC1. The van der Waals surface area contributed by atoms with E-state index >= 15 is 0 Å². The molecule has 0 aliphatic heterocycles. The van der Waals surface area contributed by atoms with Crippen LogP contribution in [-0.4, -0.2) is 5.11 Å². The van der Waals surface area contributed by atoms with Crippen molar-refractivity contribution in [3.63, 3.8) is 0 Å². The molecule has 1 heteroatoms. The summed E-state index contributed by atoms with van der Waals surface area (Å²) in [5.41, 5.74) is 2.53. The topological polar surface area (TPSA) is 20.2 Å². The molecule has 17 heavy (non-hydrogen) atoms. The molecule has 1 aromatic carbocycles. The summed E-state index contributed by atoms with van der Waals surface area (Å²) in [6, 6.07) is 5.97. The maximum atomic E-state index is 10.1. The van der Waals surface area contributed by atoms with E-state index in [9.17, 15) is 5.11 Å². The summed E-state index contributed by atoms with van der Waals surface area (Å²) in [6.07, 6.45) is 7.89. The molecule has 1 aliphatic carbocycles. The highest BCUT2D eigenvalue weighted by atomic mass is 16.3. The van der Waals surface area contributed by atoms with Crippen LogP contribution in [-0.2, 0) is 6.42 Å². The maximum absolute atomic E-state index is 10.1. The molecule has 0 amide bonds. The molecule has 0 saturated heterocycles. The molecular weight excluding hydrogens is 208 g/mol. The fraction of sp³-hybridized carbons (Fsp3) is 0.625. The molecule has 0 unspecified atom stereocenters. The smallest absolute Gasteiger partial charge is 0.119 e. The van der Waals surface area contributed by atoms with Crippen LogP contribution in [0.1, 0.15) is 63.0 Å². The Morgan fingerprint density at radius 1 is 1.18 bits per heavy atom. The van der Waals surface area contributed by atoms with Gasteiger partial charge in [-0.05, 0) is 35.4 Å². The summed E-state index contributed by atoms with van der Waals surface area (Å²) in [6.45, 7) is 4.41. The zero-order valence-corrected chi connectivity index (χ0v) is 11.1. The number of phenols is 1. The Balaban J connectivity index is 2.18. The molecule has 1 saturated carbocycles. The molecule has 0 atom stereocenters. The highest BCUT2D eigenvalue weighted by Crippen LogP contribution is 2.33.